The molecule has 3 rings (SSSR count). The maximum absolute atomic E-state index is 13.1. The smallest absolute Gasteiger partial charge is 0.381 e. The summed E-state index contributed by atoms with van der Waals surface area (Å²) in [7, 11) is 0. The number of imidazole rings is 1. The van der Waals surface area contributed by atoms with E-state index in [1.165, 1.54) is 17.3 Å². The van der Waals surface area contributed by atoms with Gasteiger partial charge in [0.25, 0.3) is 0 Å². The standard InChI is InChI=1S/C15H13ClF3N5O/c16-12-3-1-11(2-4-12)14(25,7-24-10-21-8-22-24)6-23-9-20-5-13(23)15(17,18)19/h1-5,8-10,25H,6-7H2. The van der Waals surface area contributed by atoms with Crippen molar-refractivity contribution in [1.82, 2.24) is 24.3 Å². The fourth-order valence-electron chi connectivity index (χ4n) is 2.54. The zero-order chi connectivity index (χ0) is 18.1. The van der Waals surface area contributed by atoms with Gasteiger partial charge in [-0.15, -0.1) is 0 Å². The second kappa shape index (κ2) is 6.49. The summed E-state index contributed by atoms with van der Waals surface area (Å²) in [6, 6.07) is 6.23. The van der Waals surface area contributed by atoms with Crippen LogP contribution in [0.2, 0.25) is 5.02 Å². The van der Waals surface area contributed by atoms with Crippen LogP contribution >= 0.6 is 11.6 Å². The molecule has 25 heavy (non-hydrogen) atoms. The van der Waals surface area contributed by atoms with Crippen molar-refractivity contribution in [1.29, 1.82) is 0 Å². The highest BCUT2D eigenvalue weighted by molar-refractivity contribution is 6.30. The first-order valence-electron chi connectivity index (χ1n) is 7.16. The van der Waals surface area contributed by atoms with Gasteiger partial charge in [0.05, 0.1) is 25.6 Å². The number of rotatable bonds is 5. The van der Waals surface area contributed by atoms with Crippen molar-refractivity contribution >= 4 is 11.6 Å². The fourth-order valence-corrected chi connectivity index (χ4v) is 2.67. The predicted octanol–water partition coefficient (Wildman–Crippen LogP) is 2.73. The number of hydrogen-bond donors (Lipinski definition) is 1. The van der Waals surface area contributed by atoms with Crippen LogP contribution in [0.1, 0.15) is 11.3 Å². The van der Waals surface area contributed by atoms with E-state index in [9.17, 15) is 18.3 Å². The molecule has 0 fully saturated rings. The van der Waals surface area contributed by atoms with E-state index in [-0.39, 0.29) is 13.1 Å². The molecule has 0 aliphatic heterocycles. The van der Waals surface area contributed by atoms with Crippen molar-refractivity contribution in [3.63, 3.8) is 0 Å². The molecule has 6 nitrogen and oxygen atoms in total. The number of aliphatic hydroxyl groups is 1. The van der Waals surface area contributed by atoms with Crippen LogP contribution in [0, 0.1) is 0 Å². The van der Waals surface area contributed by atoms with Crippen LogP contribution in [-0.2, 0) is 24.9 Å². The van der Waals surface area contributed by atoms with Crippen LogP contribution in [-0.4, -0.2) is 29.4 Å². The van der Waals surface area contributed by atoms with Crippen molar-refractivity contribution in [3.05, 3.63) is 65.7 Å². The number of nitrogens with zero attached hydrogens (tertiary/aromatic N) is 5. The van der Waals surface area contributed by atoms with E-state index in [1.54, 1.807) is 24.3 Å². The third-order valence-corrected chi connectivity index (χ3v) is 3.96. The first-order valence-corrected chi connectivity index (χ1v) is 7.54. The molecule has 0 amide bonds. The van der Waals surface area contributed by atoms with Crippen LogP contribution in [0.3, 0.4) is 0 Å². The van der Waals surface area contributed by atoms with Gasteiger partial charge in [-0.3, -0.25) is 0 Å². The van der Waals surface area contributed by atoms with Crippen molar-refractivity contribution in [2.75, 3.05) is 0 Å². The lowest BCUT2D eigenvalue weighted by Gasteiger charge is -2.30. The summed E-state index contributed by atoms with van der Waals surface area (Å²) >= 11 is 5.86. The van der Waals surface area contributed by atoms with E-state index in [4.69, 9.17) is 11.6 Å². The van der Waals surface area contributed by atoms with Crippen LogP contribution in [0.25, 0.3) is 0 Å². The third kappa shape index (κ3) is 3.83. The van der Waals surface area contributed by atoms with E-state index in [0.29, 0.717) is 10.6 Å². The summed E-state index contributed by atoms with van der Waals surface area (Å²) in [6.07, 6.45) is -0.173. The molecular formula is C15H13ClF3N5O. The van der Waals surface area contributed by atoms with Crippen molar-refractivity contribution < 1.29 is 18.3 Å². The maximum Gasteiger partial charge on any atom is 0.432 e. The molecule has 3 aromatic rings. The Morgan fingerprint density at radius 1 is 1.04 bits per heavy atom. The minimum Gasteiger partial charge on any atom is -0.381 e. The summed E-state index contributed by atoms with van der Waals surface area (Å²) in [5.74, 6) is 0. The molecule has 0 aliphatic carbocycles. The molecular weight excluding hydrogens is 359 g/mol. The first-order chi connectivity index (χ1) is 11.8. The second-order valence-corrected chi connectivity index (χ2v) is 5.97. The predicted molar refractivity (Wildman–Crippen MR) is 82.6 cm³/mol. The lowest BCUT2D eigenvalue weighted by atomic mass is 9.93. The Balaban J connectivity index is 2.00. The van der Waals surface area contributed by atoms with Crippen molar-refractivity contribution in [2.45, 2.75) is 24.9 Å². The molecule has 0 radical (unpaired) electrons. The number of hydrogen-bond acceptors (Lipinski definition) is 4. The molecule has 0 saturated heterocycles. The Kier molecular flexibility index (Phi) is 4.53. The lowest BCUT2D eigenvalue weighted by molar-refractivity contribution is -0.145. The van der Waals surface area contributed by atoms with E-state index in [1.807, 2.05) is 0 Å². The Bertz CT molecular complexity index is 832. The molecule has 0 aliphatic rings. The highest BCUT2D eigenvalue weighted by Gasteiger charge is 2.38. The van der Waals surface area contributed by atoms with Gasteiger partial charge in [-0.25, -0.2) is 14.6 Å². The number of halogens is 4. The molecule has 1 unspecified atom stereocenters. The normalized spacial score (nSPS) is 14.4. The fraction of sp³-hybridized carbons (Fsp3) is 0.267. The van der Waals surface area contributed by atoms with Gasteiger partial charge in [-0.05, 0) is 17.7 Å². The highest BCUT2D eigenvalue weighted by atomic mass is 35.5. The van der Waals surface area contributed by atoms with Gasteiger partial charge in [0.2, 0.25) is 0 Å². The zero-order valence-electron chi connectivity index (χ0n) is 12.7. The molecule has 1 N–H and O–H groups in total. The van der Waals surface area contributed by atoms with Crippen LogP contribution in [0.4, 0.5) is 13.2 Å². The van der Waals surface area contributed by atoms with Gasteiger partial charge in [-0.1, -0.05) is 23.7 Å². The van der Waals surface area contributed by atoms with Gasteiger partial charge < -0.3 is 9.67 Å². The van der Waals surface area contributed by atoms with Gasteiger partial charge in [-0.2, -0.15) is 18.3 Å². The minimum atomic E-state index is -4.58. The topological polar surface area (TPSA) is 68.8 Å². The molecule has 132 valence electrons. The van der Waals surface area contributed by atoms with E-state index in [0.717, 1.165) is 17.1 Å². The molecule has 0 saturated carbocycles. The van der Waals surface area contributed by atoms with Crippen LogP contribution in [0.15, 0.2) is 49.4 Å². The highest BCUT2D eigenvalue weighted by Crippen LogP contribution is 2.32. The first kappa shape index (κ1) is 17.4. The molecule has 0 bridgehead atoms. The Morgan fingerprint density at radius 2 is 1.76 bits per heavy atom. The molecule has 2 aromatic heterocycles. The van der Waals surface area contributed by atoms with E-state index in [2.05, 4.69) is 15.1 Å². The average molecular weight is 372 g/mol. The molecule has 1 atom stereocenters. The number of aromatic nitrogens is 5. The third-order valence-electron chi connectivity index (χ3n) is 3.71. The van der Waals surface area contributed by atoms with E-state index >= 15 is 0 Å². The second-order valence-electron chi connectivity index (χ2n) is 5.54. The average Bonchev–Trinajstić information content (AvgIpc) is 3.18. The SMILES string of the molecule is OC(Cn1cncn1)(Cn1cncc1C(F)(F)F)c1ccc(Cl)cc1. The summed E-state index contributed by atoms with van der Waals surface area (Å²) in [5, 5.41) is 15.5. The van der Waals surface area contributed by atoms with Gasteiger partial charge in [0.1, 0.15) is 23.9 Å². The van der Waals surface area contributed by atoms with Gasteiger partial charge >= 0.3 is 6.18 Å². The van der Waals surface area contributed by atoms with E-state index < -0.39 is 17.5 Å². The van der Waals surface area contributed by atoms with Gasteiger partial charge in [0.15, 0.2) is 0 Å². The minimum absolute atomic E-state index is 0.0931. The Labute approximate surface area is 145 Å². The maximum atomic E-state index is 13.1. The Morgan fingerprint density at radius 3 is 2.36 bits per heavy atom. The molecule has 10 heteroatoms. The van der Waals surface area contributed by atoms with Crippen molar-refractivity contribution in [3.8, 4) is 0 Å². The number of benzene rings is 1. The van der Waals surface area contributed by atoms with Gasteiger partial charge in [0, 0.05) is 5.02 Å². The zero-order valence-corrected chi connectivity index (χ0v) is 13.5. The molecule has 1 aromatic carbocycles. The molecule has 0 spiro atoms. The summed E-state index contributed by atoms with van der Waals surface area (Å²) in [5.41, 5.74) is -2.23. The monoisotopic (exact) mass is 371 g/mol. The molecule has 2 heterocycles. The summed E-state index contributed by atoms with van der Waals surface area (Å²) < 4.78 is 41.5. The summed E-state index contributed by atoms with van der Waals surface area (Å²) in [6.45, 7) is -0.465. The quantitative estimate of drug-likeness (QED) is 0.748. The van der Waals surface area contributed by atoms with Crippen LogP contribution in [0.5, 0.6) is 0 Å². The van der Waals surface area contributed by atoms with Crippen LogP contribution < -0.4 is 0 Å². The number of alkyl halides is 3. The largest absolute Gasteiger partial charge is 0.432 e. The lowest BCUT2D eigenvalue weighted by Crippen LogP contribution is -2.37. The summed E-state index contributed by atoms with van der Waals surface area (Å²) in [4.78, 5) is 7.34. The Hall–Kier alpha value is -2.39. The van der Waals surface area contributed by atoms with Crippen molar-refractivity contribution in [2.24, 2.45) is 0 Å².